The van der Waals surface area contributed by atoms with Crippen molar-refractivity contribution in [3.63, 3.8) is 0 Å². The summed E-state index contributed by atoms with van der Waals surface area (Å²) in [4.78, 5) is 18.3. The Bertz CT molecular complexity index is 1090. The molecule has 6 nitrogen and oxygen atoms in total. The molecular weight excluding hydrogens is 384 g/mol. The van der Waals surface area contributed by atoms with Crippen LogP contribution < -0.4 is 5.32 Å². The molecule has 7 heteroatoms. The number of carbonyl (C=O) groups excluding carboxylic acids is 1. The lowest BCUT2D eigenvalue weighted by molar-refractivity contribution is 0.0941. The summed E-state index contributed by atoms with van der Waals surface area (Å²) in [6.07, 6.45) is 3.87. The molecule has 1 N–H and O–H groups in total. The number of hydrogen-bond acceptors (Lipinski definition) is 5. The summed E-state index contributed by atoms with van der Waals surface area (Å²) in [5, 5.41) is 6.99. The Labute approximate surface area is 173 Å². The highest BCUT2D eigenvalue weighted by atomic mass is 32.2. The van der Waals surface area contributed by atoms with Gasteiger partial charge in [-0.25, -0.2) is 0 Å². The Kier molecular flexibility index (Phi) is 5.76. The molecule has 0 radical (unpaired) electrons. The van der Waals surface area contributed by atoms with Gasteiger partial charge in [0.05, 0.1) is 0 Å². The largest absolute Gasteiger partial charge is 0.347 e. The zero-order valence-corrected chi connectivity index (χ0v) is 16.7. The predicted molar refractivity (Wildman–Crippen MR) is 113 cm³/mol. The van der Waals surface area contributed by atoms with Crippen LogP contribution in [0.5, 0.6) is 0 Å². The SMILES string of the molecule is CSc1ccc(CNC(=O)c2cccn2Cc2nc(-c3ccccc3)no2)cc1. The van der Waals surface area contributed by atoms with Crippen LogP contribution in [0, 0.1) is 0 Å². The first kappa shape index (κ1) is 19.0. The first-order chi connectivity index (χ1) is 14.2. The molecule has 0 spiro atoms. The van der Waals surface area contributed by atoms with E-state index in [-0.39, 0.29) is 5.91 Å². The fraction of sp³-hybridized carbons (Fsp3) is 0.136. The summed E-state index contributed by atoms with van der Waals surface area (Å²) in [6.45, 7) is 0.801. The number of rotatable bonds is 7. The van der Waals surface area contributed by atoms with Gasteiger partial charge in [-0.1, -0.05) is 47.6 Å². The Hall–Kier alpha value is -3.32. The van der Waals surface area contributed by atoms with Crippen LogP contribution in [-0.4, -0.2) is 26.9 Å². The monoisotopic (exact) mass is 404 g/mol. The summed E-state index contributed by atoms with van der Waals surface area (Å²) in [5.74, 6) is 0.834. The van der Waals surface area contributed by atoms with Crippen LogP contribution >= 0.6 is 11.8 Å². The van der Waals surface area contributed by atoms with E-state index in [1.165, 1.54) is 4.90 Å². The maximum Gasteiger partial charge on any atom is 0.268 e. The average molecular weight is 404 g/mol. The minimum atomic E-state index is -0.147. The molecule has 0 aliphatic heterocycles. The van der Waals surface area contributed by atoms with E-state index >= 15 is 0 Å². The summed E-state index contributed by atoms with van der Waals surface area (Å²) in [6, 6.07) is 21.4. The smallest absolute Gasteiger partial charge is 0.268 e. The van der Waals surface area contributed by atoms with Gasteiger partial charge in [-0.2, -0.15) is 4.98 Å². The van der Waals surface area contributed by atoms with Crippen LogP contribution in [0.25, 0.3) is 11.4 Å². The Balaban J connectivity index is 1.41. The maximum atomic E-state index is 12.6. The first-order valence-electron chi connectivity index (χ1n) is 9.17. The molecular formula is C22H20N4O2S. The number of nitrogens with one attached hydrogen (secondary N) is 1. The summed E-state index contributed by atoms with van der Waals surface area (Å²) >= 11 is 1.69. The van der Waals surface area contributed by atoms with E-state index in [1.807, 2.05) is 61.0 Å². The first-order valence-corrected chi connectivity index (χ1v) is 10.4. The number of carbonyl (C=O) groups is 1. The molecule has 2 aromatic heterocycles. The van der Waals surface area contributed by atoms with Gasteiger partial charge in [-0.3, -0.25) is 4.79 Å². The summed E-state index contributed by atoms with van der Waals surface area (Å²) in [7, 11) is 0. The highest BCUT2D eigenvalue weighted by Gasteiger charge is 2.14. The molecule has 4 rings (SSSR count). The van der Waals surface area contributed by atoms with E-state index in [0.717, 1.165) is 11.1 Å². The van der Waals surface area contributed by atoms with Gasteiger partial charge in [0.2, 0.25) is 11.7 Å². The normalized spacial score (nSPS) is 10.8. The number of aromatic nitrogens is 3. The topological polar surface area (TPSA) is 73.0 Å². The van der Waals surface area contributed by atoms with Gasteiger partial charge in [0.1, 0.15) is 12.2 Å². The molecule has 4 aromatic rings. The average Bonchev–Trinajstić information content (AvgIpc) is 3.43. The van der Waals surface area contributed by atoms with Gasteiger partial charge < -0.3 is 14.4 Å². The number of thioether (sulfide) groups is 1. The van der Waals surface area contributed by atoms with Crippen LogP contribution in [0.1, 0.15) is 21.9 Å². The molecule has 0 aliphatic carbocycles. The van der Waals surface area contributed by atoms with Crippen molar-refractivity contribution in [2.24, 2.45) is 0 Å². The van der Waals surface area contributed by atoms with Crippen LogP contribution in [0.3, 0.4) is 0 Å². The molecule has 2 aromatic carbocycles. The molecule has 0 atom stereocenters. The Morgan fingerprint density at radius 3 is 2.62 bits per heavy atom. The number of amides is 1. The maximum absolute atomic E-state index is 12.6. The second-order valence-corrected chi connectivity index (χ2v) is 7.31. The van der Waals surface area contributed by atoms with Crippen LogP contribution in [0.4, 0.5) is 0 Å². The van der Waals surface area contributed by atoms with Crippen molar-refractivity contribution in [2.75, 3.05) is 6.26 Å². The lowest BCUT2D eigenvalue weighted by Crippen LogP contribution is -2.25. The van der Waals surface area contributed by atoms with Crippen molar-refractivity contribution in [1.29, 1.82) is 0 Å². The highest BCUT2D eigenvalue weighted by molar-refractivity contribution is 7.98. The Morgan fingerprint density at radius 1 is 1.07 bits per heavy atom. The molecule has 2 heterocycles. The van der Waals surface area contributed by atoms with Crippen molar-refractivity contribution in [2.45, 2.75) is 18.0 Å². The minimum absolute atomic E-state index is 0.147. The number of nitrogens with zero attached hydrogens (tertiary/aromatic N) is 3. The van der Waals surface area contributed by atoms with Crippen molar-refractivity contribution in [3.05, 3.63) is 90.1 Å². The molecule has 0 saturated heterocycles. The van der Waals surface area contributed by atoms with Gasteiger partial charge in [-0.05, 0) is 36.1 Å². The van der Waals surface area contributed by atoms with Crippen molar-refractivity contribution >= 4 is 17.7 Å². The predicted octanol–water partition coefficient (Wildman–Crippen LogP) is 4.24. The Morgan fingerprint density at radius 2 is 1.86 bits per heavy atom. The van der Waals surface area contributed by atoms with Gasteiger partial charge in [0.15, 0.2) is 0 Å². The lowest BCUT2D eigenvalue weighted by atomic mass is 10.2. The molecule has 1 amide bonds. The van der Waals surface area contributed by atoms with E-state index in [9.17, 15) is 4.79 Å². The molecule has 0 fully saturated rings. The summed E-state index contributed by atoms with van der Waals surface area (Å²) in [5.41, 5.74) is 2.49. The van der Waals surface area contributed by atoms with Gasteiger partial charge in [0.25, 0.3) is 5.91 Å². The standard InChI is InChI=1S/C22H20N4O2S/c1-29-18-11-9-16(10-12-18)14-23-22(27)19-8-5-13-26(19)15-20-24-21(25-28-20)17-6-3-2-4-7-17/h2-13H,14-15H2,1H3,(H,23,27). The minimum Gasteiger partial charge on any atom is -0.347 e. The molecule has 29 heavy (non-hydrogen) atoms. The van der Waals surface area contributed by atoms with Crippen LogP contribution in [0.15, 0.2) is 82.3 Å². The number of hydrogen-bond donors (Lipinski definition) is 1. The van der Waals surface area contributed by atoms with Gasteiger partial charge in [-0.15, -0.1) is 11.8 Å². The fourth-order valence-corrected chi connectivity index (χ4v) is 3.35. The van der Waals surface area contributed by atoms with E-state index in [0.29, 0.717) is 30.5 Å². The van der Waals surface area contributed by atoms with E-state index in [1.54, 1.807) is 22.4 Å². The van der Waals surface area contributed by atoms with Gasteiger partial charge in [0, 0.05) is 23.2 Å². The third-order valence-electron chi connectivity index (χ3n) is 4.48. The number of benzene rings is 2. The second-order valence-electron chi connectivity index (χ2n) is 6.43. The van der Waals surface area contributed by atoms with E-state index in [4.69, 9.17) is 4.52 Å². The quantitative estimate of drug-likeness (QED) is 0.467. The van der Waals surface area contributed by atoms with Crippen LogP contribution in [0.2, 0.25) is 0 Å². The second kappa shape index (κ2) is 8.79. The third kappa shape index (κ3) is 4.57. The molecule has 0 unspecified atom stereocenters. The lowest BCUT2D eigenvalue weighted by Gasteiger charge is -2.08. The van der Waals surface area contributed by atoms with Crippen molar-refractivity contribution in [1.82, 2.24) is 20.0 Å². The van der Waals surface area contributed by atoms with Crippen molar-refractivity contribution in [3.8, 4) is 11.4 Å². The molecule has 0 saturated carbocycles. The molecule has 0 bridgehead atoms. The van der Waals surface area contributed by atoms with Gasteiger partial charge >= 0.3 is 0 Å². The van der Waals surface area contributed by atoms with Crippen LogP contribution in [-0.2, 0) is 13.1 Å². The zero-order chi connectivity index (χ0) is 20.1. The van der Waals surface area contributed by atoms with E-state index in [2.05, 4.69) is 27.6 Å². The summed E-state index contributed by atoms with van der Waals surface area (Å²) < 4.78 is 7.16. The zero-order valence-electron chi connectivity index (χ0n) is 15.9. The molecule has 0 aliphatic rings. The van der Waals surface area contributed by atoms with E-state index < -0.39 is 0 Å². The highest BCUT2D eigenvalue weighted by Crippen LogP contribution is 2.17. The fourth-order valence-electron chi connectivity index (χ4n) is 2.94. The molecule has 146 valence electrons. The third-order valence-corrected chi connectivity index (χ3v) is 5.22. The van der Waals surface area contributed by atoms with Crippen molar-refractivity contribution < 1.29 is 9.32 Å².